The van der Waals surface area contributed by atoms with Crippen LogP contribution in [0.2, 0.25) is 5.15 Å². The second-order valence-corrected chi connectivity index (χ2v) is 8.84. The van der Waals surface area contributed by atoms with E-state index in [1.54, 1.807) is 26.5 Å². The average molecular weight is 549 g/mol. The van der Waals surface area contributed by atoms with E-state index in [1.807, 2.05) is 60.7 Å². The number of pyridine rings is 1. The maximum absolute atomic E-state index is 6.41. The molecule has 0 aliphatic heterocycles. The molecular weight excluding hydrogens is 530 g/mol. The molecule has 0 unspecified atom stereocenters. The van der Waals surface area contributed by atoms with Crippen molar-refractivity contribution in [3.63, 3.8) is 0 Å². The molecule has 5 rings (SSSR count). The minimum Gasteiger partial charge on any atom is -0.493 e. The number of ether oxygens (including phenoxy) is 2. The Kier molecular flexibility index (Phi) is 6.48. The van der Waals surface area contributed by atoms with Crippen molar-refractivity contribution in [2.75, 3.05) is 19.6 Å². The first kappa shape index (κ1) is 23.0. The van der Waals surface area contributed by atoms with E-state index in [0.717, 1.165) is 32.0 Å². The van der Waals surface area contributed by atoms with Crippen LogP contribution in [0.3, 0.4) is 0 Å². The fraction of sp³-hybridized carbons (Fsp3) is 0.0769. The average Bonchev–Trinajstić information content (AvgIpc) is 2.88. The number of methoxy groups -OCH3 is 2. The van der Waals surface area contributed by atoms with E-state index in [1.165, 1.54) is 0 Å². The number of aromatic nitrogens is 3. The van der Waals surface area contributed by atoms with E-state index in [4.69, 9.17) is 26.1 Å². The van der Waals surface area contributed by atoms with Crippen LogP contribution in [0.4, 0.5) is 5.95 Å². The SMILES string of the molecule is COc1cc2cc(C=NNc3nc(-c4ccccc4)c4cc(Br)ccc4n3)c(Cl)nc2cc1OC. The molecule has 0 fully saturated rings. The summed E-state index contributed by atoms with van der Waals surface area (Å²) in [5.74, 6) is 1.56. The predicted molar refractivity (Wildman–Crippen MR) is 144 cm³/mol. The van der Waals surface area contributed by atoms with Crippen LogP contribution in [-0.4, -0.2) is 35.4 Å². The second-order valence-electron chi connectivity index (χ2n) is 7.56. The molecule has 9 heteroatoms. The summed E-state index contributed by atoms with van der Waals surface area (Å²) in [5.41, 5.74) is 6.84. The summed E-state index contributed by atoms with van der Waals surface area (Å²) in [6.07, 6.45) is 1.59. The highest BCUT2D eigenvalue weighted by Gasteiger charge is 2.12. The Labute approximate surface area is 214 Å². The first-order chi connectivity index (χ1) is 17.1. The number of fused-ring (bicyclic) bond motifs is 2. The summed E-state index contributed by atoms with van der Waals surface area (Å²) in [5, 5.41) is 6.41. The maximum atomic E-state index is 6.41. The number of hydrogen-bond donors (Lipinski definition) is 1. The van der Waals surface area contributed by atoms with Crippen LogP contribution >= 0.6 is 27.5 Å². The van der Waals surface area contributed by atoms with Crippen molar-refractivity contribution in [3.8, 4) is 22.8 Å². The van der Waals surface area contributed by atoms with Gasteiger partial charge in [0, 0.05) is 32.4 Å². The zero-order valence-electron chi connectivity index (χ0n) is 18.8. The molecule has 1 N–H and O–H groups in total. The second kappa shape index (κ2) is 9.85. The van der Waals surface area contributed by atoms with Crippen LogP contribution in [0.5, 0.6) is 11.5 Å². The Morgan fingerprint density at radius 1 is 0.886 bits per heavy atom. The number of rotatable bonds is 6. The number of hydrogen-bond acceptors (Lipinski definition) is 7. The molecule has 0 radical (unpaired) electrons. The number of hydrazone groups is 1. The minimum atomic E-state index is 0.310. The molecule has 35 heavy (non-hydrogen) atoms. The third-order valence-electron chi connectivity index (χ3n) is 5.37. The van der Waals surface area contributed by atoms with Crippen molar-refractivity contribution in [3.05, 3.63) is 81.9 Å². The number of nitrogens with zero attached hydrogens (tertiary/aromatic N) is 4. The van der Waals surface area contributed by atoms with Crippen LogP contribution in [0.15, 0.2) is 76.3 Å². The van der Waals surface area contributed by atoms with Crippen molar-refractivity contribution < 1.29 is 9.47 Å². The molecule has 0 amide bonds. The van der Waals surface area contributed by atoms with Crippen LogP contribution in [-0.2, 0) is 0 Å². The topological polar surface area (TPSA) is 81.5 Å². The molecular formula is C26H19BrClN5O2. The molecule has 5 aromatic rings. The van der Waals surface area contributed by atoms with E-state index < -0.39 is 0 Å². The Balaban J connectivity index is 1.49. The van der Waals surface area contributed by atoms with Gasteiger partial charge >= 0.3 is 0 Å². The highest BCUT2D eigenvalue weighted by Crippen LogP contribution is 2.33. The van der Waals surface area contributed by atoms with E-state index >= 15 is 0 Å². The van der Waals surface area contributed by atoms with E-state index in [2.05, 4.69) is 36.4 Å². The molecule has 0 aliphatic rings. The fourth-order valence-electron chi connectivity index (χ4n) is 3.71. The smallest absolute Gasteiger partial charge is 0.244 e. The molecule has 174 valence electrons. The van der Waals surface area contributed by atoms with Gasteiger partial charge in [-0.1, -0.05) is 57.9 Å². The largest absolute Gasteiger partial charge is 0.493 e. The quantitative estimate of drug-likeness (QED) is 0.144. The molecule has 3 aromatic carbocycles. The Hall–Kier alpha value is -3.75. The predicted octanol–water partition coefficient (Wildman–Crippen LogP) is 6.72. The van der Waals surface area contributed by atoms with Crippen LogP contribution in [0.25, 0.3) is 33.1 Å². The number of benzene rings is 3. The lowest BCUT2D eigenvalue weighted by Gasteiger charge is -2.10. The molecule has 7 nitrogen and oxygen atoms in total. The van der Waals surface area contributed by atoms with Gasteiger partial charge in [-0.15, -0.1) is 0 Å². The lowest BCUT2D eigenvalue weighted by atomic mass is 10.1. The lowest BCUT2D eigenvalue weighted by molar-refractivity contribution is 0.356. The number of halogens is 2. The van der Waals surface area contributed by atoms with Gasteiger partial charge in [0.25, 0.3) is 0 Å². The molecule has 0 spiro atoms. The van der Waals surface area contributed by atoms with Gasteiger partial charge in [0.05, 0.1) is 37.2 Å². The highest BCUT2D eigenvalue weighted by atomic mass is 79.9. The van der Waals surface area contributed by atoms with Crippen molar-refractivity contribution in [2.45, 2.75) is 0 Å². The first-order valence-corrected chi connectivity index (χ1v) is 11.8. The highest BCUT2D eigenvalue weighted by molar-refractivity contribution is 9.10. The summed E-state index contributed by atoms with van der Waals surface area (Å²) in [6, 6.07) is 21.4. The van der Waals surface area contributed by atoms with Crippen LogP contribution in [0, 0.1) is 0 Å². The molecule has 0 saturated heterocycles. The Morgan fingerprint density at radius 2 is 1.66 bits per heavy atom. The fourth-order valence-corrected chi connectivity index (χ4v) is 4.27. The van der Waals surface area contributed by atoms with Gasteiger partial charge in [-0.3, -0.25) is 0 Å². The summed E-state index contributed by atoms with van der Waals surface area (Å²) < 4.78 is 11.7. The van der Waals surface area contributed by atoms with Crippen molar-refractivity contribution in [1.29, 1.82) is 0 Å². The van der Waals surface area contributed by atoms with E-state index in [0.29, 0.717) is 33.7 Å². The van der Waals surface area contributed by atoms with Crippen molar-refractivity contribution >= 4 is 61.5 Å². The van der Waals surface area contributed by atoms with Gasteiger partial charge in [0.15, 0.2) is 11.5 Å². The van der Waals surface area contributed by atoms with Crippen LogP contribution < -0.4 is 14.9 Å². The van der Waals surface area contributed by atoms with Gasteiger partial charge in [0.2, 0.25) is 5.95 Å². The van der Waals surface area contributed by atoms with Gasteiger partial charge in [0.1, 0.15) is 5.15 Å². The van der Waals surface area contributed by atoms with Gasteiger partial charge in [-0.05, 0) is 30.3 Å². The van der Waals surface area contributed by atoms with Gasteiger partial charge in [-0.25, -0.2) is 20.4 Å². The van der Waals surface area contributed by atoms with Crippen molar-refractivity contribution in [2.24, 2.45) is 5.10 Å². The Bertz CT molecular complexity index is 1580. The zero-order chi connectivity index (χ0) is 24.4. The normalized spacial score (nSPS) is 11.3. The summed E-state index contributed by atoms with van der Waals surface area (Å²) in [7, 11) is 3.17. The summed E-state index contributed by atoms with van der Waals surface area (Å²) in [4.78, 5) is 13.8. The van der Waals surface area contributed by atoms with Gasteiger partial charge in [-0.2, -0.15) is 5.10 Å². The maximum Gasteiger partial charge on any atom is 0.244 e. The molecule has 0 saturated carbocycles. The number of nitrogens with one attached hydrogen (secondary N) is 1. The third-order valence-corrected chi connectivity index (χ3v) is 6.17. The number of anilines is 1. The van der Waals surface area contributed by atoms with Crippen molar-refractivity contribution in [1.82, 2.24) is 15.0 Å². The molecule has 0 atom stereocenters. The molecule has 2 aromatic heterocycles. The summed E-state index contributed by atoms with van der Waals surface area (Å²) >= 11 is 9.95. The standard InChI is InChI=1S/C26H19BrClN5O2/c1-34-22-11-16-10-17(25(28)30-21(16)13-23(22)35-2)14-29-33-26-31-20-9-8-18(27)12-19(20)24(32-26)15-6-4-3-5-7-15/h3-14H,1-2H3,(H,31,32,33). The van der Waals surface area contributed by atoms with Gasteiger partial charge < -0.3 is 9.47 Å². The monoisotopic (exact) mass is 547 g/mol. The third kappa shape index (κ3) is 4.76. The van der Waals surface area contributed by atoms with E-state index in [-0.39, 0.29) is 0 Å². The minimum absolute atomic E-state index is 0.310. The lowest BCUT2D eigenvalue weighted by Crippen LogP contribution is -2.00. The summed E-state index contributed by atoms with van der Waals surface area (Å²) in [6.45, 7) is 0. The molecule has 0 bridgehead atoms. The zero-order valence-corrected chi connectivity index (χ0v) is 21.1. The molecule has 0 aliphatic carbocycles. The van der Waals surface area contributed by atoms with E-state index in [9.17, 15) is 0 Å². The van der Waals surface area contributed by atoms with Crippen LogP contribution in [0.1, 0.15) is 5.56 Å². The first-order valence-electron chi connectivity index (χ1n) is 10.6. The Morgan fingerprint density at radius 3 is 2.43 bits per heavy atom. The molecule has 2 heterocycles.